The Balaban J connectivity index is 2.31. The maximum Gasteiger partial charge on any atom is 0.249 e. The van der Waals surface area contributed by atoms with Crippen LogP contribution in [0.4, 0.5) is 5.82 Å². The molecule has 1 rings (SSSR count). The molecular weight excluding hydrogens is 204 g/mol. The minimum Gasteiger partial charge on any atom is -0.392 e. The first-order valence-corrected chi connectivity index (χ1v) is 4.88. The van der Waals surface area contributed by atoms with Crippen molar-refractivity contribution < 1.29 is 9.90 Å². The number of anilines is 1. The van der Waals surface area contributed by atoms with Gasteiger partial charge >= 0.3 is 0 Å². The second-order valence-corrected chi connectivity index (χ2v) is 2.93. The Bertz CT molecular complexity index is 389. The van der Waals surface area contributed by atoms with Gasteiger partial charge in [0, 0.05) is 12.3 Å². The lowest BCUT2D eigenvalue weighted by molar-refractivity contribution is -0.111. The molecule has 1 amide bonds. The van der Waals surface area contributed by atoms with Crippen LogP contribution in [0.15, 0.2) is 54.8 Å². The first kappa shape index (κ1) is 12.0. The molecule has 0 fully saturated rings. The highest BCUT2D eigenvalue weighted by atomic mass is 16.2. The lowest BCUT2D eigenvalue weighted by atomic mass is 10.4. The third-order valence-corrected chi connectivity index (χ3v) is 1.68. The van der Waals surface area contributed by atoms with Crippen molar-refractivity contribution in [2.45, 2.75) is 0 Å². The lowest BCUT2D eigenvalue weighted by Crippen LogP contribution is -2.07. The van der Waals surface area contributed by atoms with E-state index in [1.54, 1.807) is 48.7 Å². The monoisotopic (exact) mass is 218 g/mol. The van der Waals surface area contributed by atoms with Gasteiger partial charge in [-0.1, -0.05) is 30.4 Å². The summed E-state index contributed by atoms with van der Waals surface area (Å²) < 4.78 is 0. The van der Waals surface area contributed by atoms with Crippen LogP contribution in [0.2, 0.25) is 0 Å². The molecule has 0 unspecified atom stereocenters. The van der Waals surface area contributed by atoms with Gasteiger partial charge in [-0.2, -0.15) is 0 Å². The number of carbonyl (C=O) groups is 1. The van der Waals surface area contributed by atoms with Crippen LogP contribution < -0.4 is 5.32 Å². The number of carbonyl (C=O) groups excluding carboxylic acids is 1. The largest absolute Gasteiger partial charge is 0.392 e. The van der Waals surface area contributed by atoms with Gasteiger partial charge in [0.2, 0.25) is 5.91 Å². The summed E-state index contributed by atoms with van der Waals surface area (Å²) in [7, 11) is 0. The van der Waals surface area contributed by atoms with E-state index in [-0.39, 0.29) is 12.5 Å². The number of hydrogen-bond donors (Lipinski definition) is 3. The molecule has 4 nitrogen and oxygen atoms in total. The molecule has 0 atom stereocenters. The Kier molecular flexibility index (Phi) is 5.44. The minimum atomic E-state index is -0.196. The molecule has 0 saturated carbocycles. The third kappa shape index (κ3) is 4.97. The fourth-order valence-corrected chi connectivity index (χ4v) is 0.993. The number of aliphatic hydroxyl groups is 1. The second kappa shape index (κ2) is 7.25. The first-order valence-electron chi connectivity index (χ1n) is 4.88. The van der Waals surface area contributed by atoms with Crippen molar-refractivity contribution in [1.29, 1.82) is 0 Å². The molecule has 1 heterocycles. The smallest absolute Gasteiger partial charge is 0.249 e. The van der Waals surface area contributed by atoms with Gasteiger partial charge in [0.25, 0.3) is 0 Å². The molecule has 0 bridgehead atoms. The van der Waals surface area contributed by atoms with Crippen LogP contribution in [0, 0.1) is 0 Å². The van der Waals surface area contributed by atoms with Crippen LogP contribution in [-0.2, 0) is 4.79 Å². The summed E-state index contributed by atoms with van der Waals surface area (Å²) in [5.41, 5.74) is 0. The number of aromatic amines is 1. The van der Waals surface area contributed by atoms with Crippen molar-refractivity contribution in [3.05, 3.63) is 54.8 Å². The molecule has 0 radical (unpaired) electrons. The average molecular weight is 218 g/mol. The lowest BCUT2D eigenvalue weighted by Gasteiger charge is -1.95. The highest BCUT2D eigenvalue weighted by Gasteiger charge is 1.95. The maximum absolute atomic E-state index is 11.3. The zero-order valence-electron chi connectivity index (χ0n) is 8.76. The molecule has 1 aromatic rings. The third-order valence-electron chi connectivity index (χ3n) is 1.68. The summed E-state index contributed by atoms with van der Waals surface area (Å²) in [4.78, 5) is 14.2. The summed E-state index contributed by atoms with van der Waals surface area (Å²) >= 11 is 0. The molecule has 16 heavy (non-hydrogen) atoms. The summed E-state index contributed by atoms with van der Waals surface area (Å²) in [6.45, 7) is 0.0152. The Morgan fingerprint density at radius 2 is 2.19 bits per heavy atom. The van der Waals surface area contributed by atoms with Crippen molar-refractivity contribution in [2.75, 3.05) is 11.9 Å². The topological polar surface area (TPSA) is 65.1 Å². The number of allylic oxidation sites excluding steroid dienone is 4. The van der Waals surface area contributed by atoms with Crippen molar-refractivity contribution in [1.82, 2.24) is 4.98 Å². The summed E-state index contributed by atoms with van der Waals surface area (Å²) in [5.74, 6) is 0.469. The van der Waals surface area contributed by atoms with Crippen LogP contribution in [-0.4, -0.2) is 22.6 Å². The van der Waals surface area contributed by atoms with Gasteiger partial charge in [0.15, 0.2) is 0 Å². The molecule has 0 saturated heterocycles. The van der Waals surface area contributed by atoms with Crippen molar-refractivity contribution >= 4 is 11.7 Å². The molecule has 0 aliphatic heterocycles. The maximum atomic E-state index is 11.3. The highest BCUT2D eigenvalue weighted by Crippen LogP contribution is 2.00. The van der Waals surface area contributed by atoms with Crippen molar-refractivity contribution in [2.24, 2.45) is 0 Å². The molecule has 0 aromatic carbocycles. The van der Waals surface area contributed by atoms with Crippen molar-refractivity contribution in [3.63, 3.8) is 0 Å². The van der Waals surface area contributed by atoms with Crippen LogP contribution in [0.25, 0.3) is 0 Å². The number of amides is 1. The standard InChI is InChI=1S/C12H14N2O2/c15-10-5-3-1-2-4-8-12(16)14-11-7-6-9-13-11/h1-9,13,15H,10H2,(H,14,16)/b2-1-,5-3+,8-4+. The molecule has 3 N–H and O–H groups in total. The number of hydrogen-bond acceptors (Lipinski definition) is 2. The molecule has 84 valence electrons. The van der Waals surface area contributed by atoms with E-state index < -0.39 is 0 Å². The summed E-state index contributed by atoms with van der Waals surface area (Å²) in [6, 6.07) is 3.57. The number of aliphatic hydroxyl groups excluding tert-OH is 1. The molecule has 0 aliphatic rings. The van der Waals surface area contributed by atoms with E-state index in [1.165, 1.54) is 6.08 Å². The van der Waals surface area contributed by atoms with Gasteiger partial charge in [0.1, 0.15) is 5.82 Å². The molecular formula is C12H14N2O2. The van der Waals surface area contributed by atoms with Gasteiger partial charge in [0.05, 0.1) is 6.61 Å². The predicted octanol–water partition coefficient (Wildman–Crippen LogP) is 1.61. The SMILES string of the molecule is O=C(/C=C/C=C\C=C\CO)Nc1ccc[nH]1. The Morgan fingerprint density at radius 1 is 1.38 bits per heavy atom. The van der Waals surface area contributed by atoms with Crippen LogP contribution >= 0.6 is 0 Å². The highest BCUT2D eigenvalue weighted by molar-refractivity contribution is 5.98. The van der Waals surface area contributed by atoms with Crippen LogP contribution in [0.5, 0.6) is 0 Å². The van der Waals surface area contributed by atoms with Crippen LogP contribution in [0.1, 0.15) is 0 Å². The Hall–Kier alpha value is -2.07. The zero-order valence-corrected chi connectivity index (χ0v) is 8.76. The molecule has 0 spiro atoms. The van der Waals surface area contributed by atoms with Crippen molar-refractivity contribution in [3.8, 4) is 0 Å². The molecule has 4 heteroatoms. The van der Waals surface area contributed by atoms with E-state index in [2.05, 4.69) is 10.3 Å². The van der Waals surface area contributed by atoms with E-state index in [4.69, 9.17) is 5.11 Å². The average Bonchev–Trinajstić information content (AvgIpc) is 2.76. The van der Waals surface area contributed by atoms with Gasteiger partial charge in [-0.25, -0.2) is 0 Å². The Labute approximate surface area is 94.0 Å². The van der Waals surface area contributed by atoms with E-state index in [0.29, 0.717) is 5.82 Å². The predicted molar refractivity (Wildman–Crippen MR) is 63.9 cm³/mol. The van der Waals surface area contributed by atoms with Gasteiger partial charge < -0.3 is 15.4 Å². The summed E-state index contributed by atoms with van der Waals surface area (Å²) in [6.07, 6.45) is 11.5. The van der Waals surface area contributed by atoms with E-state index in [9.17, 15) is 4.79 Å². The first-order chi connectivity index (χ1) is 7.83. The van der Waals surface area contributed by atoms with E-state index in [1.807, 2.05) is 0 Å². The summed E-state index contributed by atoms with van der Waals surface area (Å²) in [5, 5.41) is 11.1. The van der Waals surface area contributed by atoms with Gasteiger partial charge in [-0.3, -0.25) is 4.79 Å². The zero-order chi connectivity index (χ0) is 11.6. The van der Waals surface area contributed by atoms with Gasteiger partial charge in [-0.05, 0) is 12.1 Å². The number of H-pyrrole nitrogens is 1. The van der Waals surface area contributed by atoms with Gasteiger partial charge in [-0.15, -0.1) is 0 Å². The minimum absolute atomic E-state index is 0.0152. The fraction of sp³-hybridized carbons (Fsp3) is 0.0833. The number of nitrogens with one attached hydrogen (secondary N) is 2. The molecule has 1 aromatic heterocycles. The van der Waals surface area contributed by atoms with E-state index >= 15 is 0 Å². The quantitative estimate of drug-likeness (QED) is 0.519. The number of rotatable bonds is 5. The normalized spacial score (nSPS) is 11.8. The van der Waals surface area contributed by atoms with Crippen LogP contribution in [0.3, 0.4) is 0 Å². The Morgan fingerprint density at radius 3 is 2.88 bits per heavy atom. The fourth-order valence-electron chi connectivity index (χ4n) is 0.993. The second-order valence-electron chi connectivity index (χ2n) is 2.93. The molecule has 0 aliphatic carbocycles. The van der Waals surface area contributed by atoms with E-state index in [0.717, 1.165) is 0 Å². The number of aromatic nitrogens is 1.